The van der Waals surface area contributed by atoms with Crippen molar-refractivity contribution >= 4 is 46.5 Å². The number of morpholine rings is 1. The number of thiocarbonyl (C=S) groups is 1. The normalized spacial score (nSPS) is 14.9. The highest BCUT2D eigenvalue weighted by atomic mass is 35.5. The van der Waals surface area contributed by atoms with E-state index in [-0.39, 0.29) is 5.95 Å². The Balaban J connectivity index is 1.74. The fourth-order valence-electron chi connectivity index (χ4n) is 2.07. The zero-order chi connectivity index (χ0) is 15.5. The van der Waals surface area contributed by atoms with E-state index in [1.54, 1.807) is 12.1 Å². The number of hydrogen-bond donors (Lipinski definition) is 2. The van der Waals surface area contributed by atoms with Gasteiger partial charge >= 0.3 is 0 Å². The van der Waals surface area contributed by atoms with Crippen LogP contribution in [-0.4, -0.2) is 46.2 Å². The lowest BCUT2D eigenvalue weighted by Crippen LogP contribution is -2.37. The lowest BCUT2D eigenvalue weighted by molar-refractivity contribution is 0.122. The summed E-state index contributed by atoms with van der Waals surface area (Å²) in [6.07, 6.45) is 0. The number of nitrogens with one attached hydrogen (secondary N) is 1. The Bertz CT molecular complexity index is 668. The zero-order valence-electron chi connectivity index (χ0n) is 11.7. The number of anilines is 3. The van der Waals surface area contributed by atoms with Crippen LogP contribution in [0.4, 0.5) is 17.6 Å². The summed E-state index contributed by atoms with van der Waals surface area (Å²) in [5.41, 5.74) is 6.71. The minimum absolute atomic E-state index is 0.243. The van der Waals surface area contributed by atoms with Crippen molar-refractivity contribution in [1.29, 1.82) is 0 Å². The van der Waals surface area contributed by atoms with Crippen LogP contribution >= 0.6 is 23.8 Å². The number of hydrogen-bond acceptors (Lipinski definition) is 6. The fraction of sp³-hybridized carbons (Fsp3) is 0.308. The van der Waals surface area contributed by atoms with Crippen molar-refractivity contribution in [1.82, 2.24) is 14.8 Å². The topological polar surface area (TPSA) is 81.2 Å². The van der Waals surface area contributed by atoms with Gasteiger partial charge in [0.1, 0.15) is 0 Å². The first-order valence-electron chi connectivity index (χ1n) is 6.75. The van der Waals surface area contributed by atoms with Crippen molar-refractivity contribution in [2.75, 3.05) is 42.3 Å². The van der Waals surface area contributed by atoms with Gasteiger partial charge in [-0.2, -0.15) is 9.67 Å². The van der Waals surface area contributed by atoms with Crippen LogP contribution in [0.3, 0.4) is 0 Å². The molecule has 1 aliphatic rings. The van der Waals surface area contributed by atoms with E-state index >= 15 is 0 Å². The highest BCUT2D eigenvalue weighted by Gasteiger charge is 2.18. The van der Waals surface area contributed by atoms with E-state index in [0.29, 0.717) is 29.3 Å². The van der Waals surface area contributed by atoms with Crippen molar-refractivity contribution < 1.29 is 4.74 Å². The molecule has 1 aromatic carbocycles. The molecule has 0 bridgehead atoms. The fourth-order valence-corrected chi connectivity index (χ4v) is 2.45. The molecule has 1 fully saturated rings. The summed E-state index contributed by atoms with van der Waals surface area (Å²) >= 11 is 11.2. The summed E-state index contributed by atoms with van der Waals surface area (Å²) < 4.78 is 6.72. The number of ether oxygens (including phenoxy) is 1. The van der Waals surface area contributed by atoms with Crippen LogP contribution in [0.5, 0.6) is 0 Å². The van der Waals surface area contributed by atoms with Crippen LogP contribution in [0, 0.1) is 0 Å². The third kappa shape index (κ3) is 3.29. The van der Waals surface area contributed by atoms with Crippen LogP contribution in [0.15, 0.2) is 24.3 Å². The summed E-state index contributed by atoms with van der Waals surface area (Å²) in [6.45, 7) is 2.78. The molecule has 116 valence electrons. The molecular formula is C13H15ClN6OS. The van der Waals surface area contributed by atoms with E-state index in [0.717, 1.165) is 18.8 Å². The van der Waals surface area contributed by atoms with Gasteiger partial charge in [0, 0.05) is 23.8 Å². The molecule has 0 spiro atoms. The number of halogens is 1. The van der Waals surface area contributed by atoms with E-state index in [9.17, 15) is 0 Å². The molecule has 22 heavy (non-hydrogen) atoms. The van der Waals surface area contributed by atoms with E-state index in [1.807, 2.05) is 17.0 Å². The third-order valence-electron chi connectivity index (χ3n) is 3.20. The van der Waals surface area contributed by atoms with Crippen LogP contribution in [0.25, 0.3) is 0 Å². The second-order valence-corrected chi connectivity index (χ2v) is 5.54. The van der Waals surface area contributed by atoms with Gasteiger partial charge in [0.05, 0.1) is 13.2 Å². The zero-order valence-corrected chi connectivity index (χ0v) is 13.3. The van der Waals surface area contributed by atoms with E-state index in [1.165, 1.54) is 4.68 Å². The van der Waals surface area contributed by atoms with Gasteiger partial charge in [-0.1, -0.05) is 11.6 Å². The molecule has 3 N–H and O–H groups in total. The van der Waals surface area contributed by atoms with Gasteiger partial charge in [-0.25, -0.2) is 0 Å². The summed E-state index contributed by atoms with van der Waals surface area (Å²) in [5, 5.41) is 8.43. The van der Waals surface area contributed by atoms with Crippen molar-refractivity contribution in [2.24, 2.45) is 0 Å². The second-order valence-electron chi connectivity index (χ2n) is 4.72. The lowest BCUT2D eigenvalue weighted by Gasteiger charge is -2.25. The number of aromatic nitrogens is 3. The van der Waals surface area contributed by atoms with Gasteiger partial charge in [0.2, 0.25) is 17.0 Å². The molecule has 0 amide bonds. The molecule has 3 rings (SSSR count). The van der Waals surface area contributed by atoms with Gasteiger partial charge in [-0.3, -0.25) is 0 Å². The maximum absolute atomic E-state index is 5.91. The first-order valence-corrected chi connectivity index (χ1v) is 7.54. The minimum Gasteiger partial charge on any atom is -0.378 e. The predicted octanol–water partition coefficient (Wildman–Crippen LogP) is 1.60. The average molecular weight is 339 g/mol. The lowest BCUT2D eigenvalue weighted by atomic mass is 10.3. The highest BCUT2D eigenvalue weighted by Crippen LogP contribution is 2.16. The Hall–Kier alpha value is -1.90. The van der Waals surface area contributed by atoms with Gasteiger partial charge in [-0.05, 0) is 36.5 Å². The van der Waals surface area contributed by atoms with Crippen molar-refractivity contribution in [3.8, 4) is 0 Å². The van der Waals surface area contributed by atoms with Gasteiger partial charge in [0.15, 0.2) is 0 Å². The number of nitrogens with zero attached hydrogens (tertiary/aromatic N) is 4. The van der Waals surface area contributed by atoms with Gasteiger partial charge in [-0.15, -0.1) is 5.10 Å². The van der Waals surface area contributed by atoms with Gasteiger partial charge < -0.3 is 20.7 Å². The molecule has 2 aromatic rings. The first-order chi connectivity index (χ1) is 10.6. The predicted molar refractivity (Wildman–Crippen MR) is 90.5 cm³/mol. The largest absolute Gasteiger partial charge is 0.378 e. The first kappa shape index (κ1) is 15.0. The SMILES string of the molecule is Nc1nc(N2CCOCC2)nn1C(=S)Nc1ccc(Cl)cc1. The molecule has 7 nitrogen and oxygen atoms in total. The van der Waals surface area contributed by atoms with Crippen LogP contribution < -0.4 is 16.0 Å². The molecule has 0 radical (unpaired) electrons. The molecule has 1 aliphatic heterocycles. The van der Waals surface area contributed by atoms with Crippen molar-refractivity contribution in [3.63, 3.8) is 0 Å². The standard InChI is InChI=1S/C13H15ClN6OS/c14-9-1-3-10(4-2-9)16-13(22)20-11(15)17-12(18-20)19-5-7-21-8-6-19/h1-4H,5-8H2,(H,16,22)(H2,15,17,18). The monoisotopic (exact) mass is 338 g/mol. The molecule has 2 heterocycles. The van der Waals surface area contributed by atoms with Crippen molar-refractivity contribution in [2.45, 2.75) is 0 Å². The van der Waals surface area contributed by atoms with Crippen molar-refractivity contribution in [3.05, 3.63) is 29.3 Å². The highest BCUT2D eigenvalue weighted by molar-refractivity contribution is 7.80. The summed E-state index contributed by atoms with van der Waals surface area (Å²) in [6, 6.07) is 7.20. The average Bonchev–Trinajstić information content (AvgIpc) is 2.92. The van der Waals surface area contributed by atoms with Crippen LogP contribution in [0.2, 0.25) is 5.02 Å². The van der Waals surface area contributed by atoms with Crippen LogP contribution in [-0.2, 0) is 4.74 Å². The minimum atomic E-state index is 0.243. The second kappa shape index (κ2) is 6.47. The Labute approximate surface area is 138 Å². The van der Waals surface area contributed by atoms with E-state index in [4.69, 9.17) is 34.3 Å². The van der Waals surface area contributed by atoms with Gasteiger partial charge in [0.25, 0.3) is 0 Å². The Morgan fingerprint density at radius 2 is 1.95 bits per heavy atom. The Morgan fingerprint density at radius 3 is 2.64 bits per heavy atom. The molecule has 0 atom stereocenters. The number of nitrogens with two attached hydrogens (primary N) is 1. The number of benzene rings is 1. The Kier molecular flexibility index (Phi) is 4.41. The summed E-state index contributed by atoms with van der Waals surface area (Å²) in [5.74, 6) is 0.800. The molecule has 0 unspecified atom stereocenters. The van der Waals surface area contributed by atoms with E-state index < -0.39 is 0 Å². The Morgan fingerprint density at radius 1 is 1.27 bits per heavy atom. The van der Waals surface area contributed by atoms with Crippen LogP contribution in [0.1, 0.15) is 0 Å². The molecule has 1 saturated heterocycles. The number of rotatable bonds is 2. The van der Waals surface area contributed by atoms with E-state index in [2.05, 4.69) is 15.4 Å². The molecule has 0 aliphatic carbocycles. The smallest absolute Gasteiger partial charge is 0.247 e. The quantitative estimate of drug-likeness (QED) is 0.805. The summed E-state index contributed by atoms with van der Waals surface area (Å²) in [7, 11) is 0. The molecular weight excluding hydrogens is 324 g/mol. The molecule has 1 aromatic heterocycles. The molecule has 9 heteroatoms. The molecule has 0 saturated carbocycles. The summed E-state index contributed by atoms with van der Waals surface area (Å²) in [4.78, 5) is 6.28. The third-order valence-corrected chi connectivity index (χ3v) is 3.73. The maximum atomic E-state index is 5.91. The number of nitrogen functional groups attached to an aromatic ring is 1. The maximum Gasteiger partial charge on any atom is 0.247 e.